The highest BCUT2D eigenvalue weighted by molar-refractivity contribution is 6.31. The second-order valence-electron chi connectivity index (χ2n) is 8.69. The van der Waals surface area contributed by atoms with Crippen molar-refractivity contribution in [3.05, 3.63) is 53.1 Å². The van der Waals surface area contributed by atoms with Crippen molar-refractivity contribution in [1.29, 1.82) is 0 Å². The third kappa shape index (κ3) is 2.65. The molecule has 3 aromatic rings. The molecule has 2 fully saturated rings. The van der Waals surface area contributed by atoms with Gasteiger partial charge in [0.25, 0.3) is 0 Å². The Morgan fingerprint density at radius 3 is 2.81 bits per heavy atom. The Kier molecular flexibility index (Phi) is 3.96. The first-order chi connectivity index (χ1) is 15.0. The number of carbonyl (C=O) groups is 2. The van der Waals surface area contributed by atoms with E-state index in [0.29, 0.717) is 31.1 Å². The molecule has 8 heteroatoms. The third-order valence-corrected chi connectivity index (χ3v) is 7.21. The van der Waals surface area contributed by atoms with Gasteiger partial charge in [-0.2, -0.15) is 0 Å². The van der Waals surface area contributed by atoms with E-state index in [-0.39, 0.29) is 23.3 Å². The van der Waals surface area contributed by atoms with Crippen LogP contribution in [0.1, 0.15) is 43.6 Å². The first-order valence-electron chi connectivity index (χ1n) is 10.7. The largest absolute Gasteiger partial charge is 0.341 e. The fourth-order valence-corrected chi connectivity index (χ4v) is 5.43. The molecule has 1 aromatic carbocycles. The molecule has 0 bridgehead atoms. The minimum atomic E-state index is -0.374. The summed E-state index contributed by atoms with van der Waals surface area (Å²) in [5.74, 6) is 1.05. The van der Waals surface area contributed by atoms with Crippen molar-refractivity contribution in [2.24, 2.45) is 0 Å². The standard InChI is InChI=1S/C23H22ClN5O2/c1-2-27-12-15(10-21(27)30)29-18-4-3-14(24)9-17(18)26-20(29)13-28-19-11-25-8-5-16(19)23(6-7-23)22(28)31/h3-5,8-9,11,15H,2,6-7,10,12-13H2,1H3. The van der Waals surface area contributed by atoms with Gasteiger partial charge in [-0.05, 0) is 49.6 Å². The molecule has 6 rings (SSSR count). The highest BCUT2D eigenvalue weighted by Crippen LogP contribution is 2.57. The average Bonchev–Trinajstić information content (AvgIpc) is 3.31. The highest BCUT2D eigenvalue weighted by atomic mass is 35.5. The zero-order valence-electron chi connectivity index (χ0n) is 17.2. The van der Waals surface area contributed by atoms with Gasteiger partial charge in [0.15, 0.2) is 0 Å². The lowest BCUT2D eigenvalue weighted by Gasteiger charge is -2.21. The van der Waals surface area contributed by atoms with E-state index in [0.717, 1.165) is 41.0 Å². The van der Waals surface area contributed by atoms with Crippen molar-refractivity contribution in [1.82, 2.24) is 19.4 Å². The van der Waals surface area contributed by atoms with Crippen LogP contribution in [0.25, 0.3) is 11.0 Å². The number of nitrogens with zero attached hydrogens (tertiary/aromatic N) is 5. The van der Waals surface area contributed by atoms with Crippen LogP contribution in [-0.4, -0.2) is 44.3 Å². The number of anilines is 1. The molecule has 7 nitrogen and oxygen atoms in total. The molecule has 1 aliphatic carbocycles. The van der Waals surface area contributed by atoms with Crippen LogP contribution in [0.15, 0.2) is 36.7 Å². The molecule has 2 aliphatic heterocycles. The summed E-state index contributed by atoms with van der Waals surface area (Å²) in [4.78, 5) is 38.7. The number of imidazole rings is 1. The van der Waals surface area contributed by atoms with E-state index in [9.17, 15) is 9.59 Å². The Morgan fingerprint density at radius 2 is 2.06 bits per heavy atom. The maximum atomic E-state index is 13.4. The van der Waals surface area contributed by atoms with Crippen molar-refractivity contribution < 1.29 is 9.59 Å². The second-order valence-corrected chi connectivity index (χ2v) is 9.12. The minimum absolute atomic E-state index is 0.0189. The van der Waals surface area contributed by atoms with Gasteiger partial charge in [0.2, 0.25) is 11.8 Å². The van der Waals surface area contributed by atoms with Gasteiger partial charge in [-0.1, -0.05) is 11.6 Å². The molecule has 2 amide bonds. The van der Waals surface area contributed by atoms with E-state index in [2.05, 4.69) is 9.55 Å². The number of benzene rings is 1. The zero-order valence-corrected chi connectivity index (χ0v) is 18.0. The number of rotatable bonds is 4. The minimum Gasteiger partial charge on any atom is -0.341 e. The summed E-state index contributed by atoms with van der Waals surface area (Å²) in [5, 5.41) is 0.616. The number of pyridine rings is 1. The van der Waals surface area contributed by atoms with Crippen LogP contribution in [0, 0.1) is 0 Å². The molecule has 0 N–H and O–H groups in total. The second kappa shape index (κ2) is 6.53. The lowest BCUT2D eigenvalue weighted by Crippen LogP contribution is -2.33. The van der Waals surface area contributed by atoms with Crippen molar-refractivity contribution in [3.63, 3.8) is 0 Å². The number of hydrogen-bond acceptors (Lipinski definition) is 4. The van der Waals surface area contributed by atoms with Crippen LogP contribution in [0.4, 0.5) is 5.69 Å². The summed E-state index contributed by atoms with van der Waals surface area (Å²) >= 11 is 6.23. The van der Waals surface area contributed by atoms with Crippen LogP contribution in [-0.2, 0) is 21.5 Å². The Morgan fingerprint density at radius 1 is 1.23 bits per heavy atom. The van der Waals surface area contributed by atoms with Gasteiger partial charge >= 0.3 is 0 Å². The fourth-order valence-electron chi connectivity index (χ4n) is 5.27. The van der Waals surface area contributed by atoms with Gasteiger partial charge in [0.1, 0.15) is 5.82 Å². The van der Waals surface area contributed by atoms with E-state index in [1.807, 2.05) is 41.0 Å². The predicted octanol–water partition coefficient (Wildman–Crippen LogP) is 3.46. The van der Waals surface area contributed by atoms with Gasteiger partial charge < -0.3 is 14.4 Å². The summed E-state index contributed by atoms with van der Waals surface area (Å²) in [6, 6.07) is 7.60. The summed E-state index contributed by atoms with van der Waals surface area (Å²) in [6.07, 6.45) is 5.74. The number of amides is 2. The topological polar surface area (TPSA) is 71.3 Å². The maximum Gasteiger partial charge on any atom is 0.238 e. The summed E-state index contributed by atoms with van der Waals surface area (Å²) in [6.45, 7) is 3.68. The fraction of sp³-hybridized carbons (Fsp3) is 0.391. The van der Waals surface area contributed by atoms with E-state index in [1.54, 1.807) is 12.4 Å². The molecular formula is C23H22ClN5O2. The van der Waals surface area contributed by atoms with Gasteiger partial charge in [-0.25, -0.2) is 4.98 Å². The van der Waals surface area contributed by atoms with Crippen LogP contribution >= 0.6 is 11.6 Å². The number of likely N-dealkylation sites (N-methyl/N-ethyl adjacent to an activating group) is 1. The number of fused-ring (bicyclic) bond motifs is 3. The predicted molar refractivity (Wildman–Crippen MR) is 117 cm³/mol. The first kappa shape index (κ1) is 18.8. The smallest absolute Gasteiger partial charge is 0.238 e. The van der Waals surface area contributed by atoms with Crippen molar-refractivity contribution in [2.75, 3.05) is 18.0 Å². The van der Waals surface area contributed by atoms with E-state index in [4.69, 9.17) is 16.6 Å². The number of halogens is 1. The molecule has 31 heavy (non-hydrogen) atoms. The molecule has 3 aliphatic rings. The molecule has 1 spiro atoms. The van der Waals surface area contributed by atoms with E-state index in [1.165, 1.54) is 0 Å². The van der Waals surface area contributed by atoms with Gasteiger partial charge in [-0.15, -0.1) is 0 Å². The molecule has 0 radical (unpaired) electrons. The van der Waals surface area contributed by atoms with Crippen LogP contribution in [0.3, 0.4) is 0 Å². The van der Waals surface area contributed by atoms with Gasteiger partial charge in [0.05, 0.1) is 40.9 Å². The molecule has 1 saturated carbocycles. The Bertz CT molecular complexity index is 1250. The average molecular weight is 436 g/mol. The molecule has 1 atom stereocenters. The van der Waals surface area contributed by atoms with Crippen LogP contribution < -0.4 is 4.90 Å². The Hall–Kier alpha value is -2.93. The Labute approximate surface area is 184 Å². The van der Waals surface area contributed by atoms with E-state index < -0.39 is 0 Å². The zero-order chi connectivity index (χ0) is 21.3. The normalized spacial score (nSPS) is 21.5. The first-order valence-corrected chi connectivity index (χ1v) is 11.1. The lowest BCUT2D eigenvalue weighted by molar-refractivity contribution is -0.127. The summed E-state index contributed by atoms with van der Waals surface area (Å²) < 4.78 is 2.14. The molecule has 158 valence electrons. The monoisotopic (exact) mass is 435 g/mol. The summed E-state index contributed by atoms with van der Waals surface area (Å²) in [7, 11) is 0. The summed E-state index contributed by atoms with van der Waals surface area (Å²) in [5.41, 5.74) is 3.30. The quantitative estimate of drug-likeness (QED) is 0.629. The van der Waals surface area contributed by atoms with Gasteiger partial charge in [-0.3, -0.25) is 14.6 Å². The highest BCUT2D eigenvalue weighted by Gasteiger charge is 2.59. The number of hydrogen-bond donors (Lipinski definition) is 0. The van der Waals surface area contributed by atoms with Crippen molar-refractivity contribution in [3.8, 4) is 0 Å². The number of likely N-dealkylation sites (tertiary alicyclic amines) is 1. The van der Waals surface area contributed by atoms with E-state index >= 15 is 0 Å². The van der Waals surface area contributed by atoms with Gasteiger partial charge in [0, 0.05) is 30.7 Å². The molecule has 4 heterocycles. The third-order valence-electron chi connectivity index (χ3n) is 6.98. The number of carbonyl (C=O) groups excluding carboxylic acids is 2. The molecular weight excluding hydrogens is 414 g/mol. The molecule has 2 aromatic heterocycles. The Balaban J connectivity index is 1.45. The number of aromatic nitrogens is 3. The maximum absolute atomic E-state index is 13.4. The van der Waals surface area contributed by atoms with Crippen molar-refractivity contribution >= 4 is 40.1 Å². The SMILES string of the molecule is CCN1CC(n2c(CN3C(=O)C4(CC4)c4ccncc43)nc3cc(Cl)ccc32)CC1=O. The lowest BCUT2D eigenvalue weighted by atomic mass is 9.99. The molecule has 1 saturated heterocycles. The van der Waals surface area contributed by atoms with Crippen LogP contribution in [0.5, 0.6) is 0 Å². The molecule has 1 unspecified atom stereocenters. The van der Waals surface area contributed by atoms with Crippen LogP contribution in [0.2, 0.25) is 5.02 Å². The van der Waals surface area contributed by atoms with Crippen molar-refractivity contribution in [2.45, 2.75) is 44.2 Å².